The molecule has 0 spiro atoms. The zero-order valence-corrected chi connectivity index (χ0v) is 14.9. The lowest BCUT2D eigenvalue weighted by atomic mass is 9.90. The molecule has 3 rings (SSSR count). The lowest BCUT2D eigenvalue weighted by molar-refractivity contribution is 0.0953. The average Bonchev–Trinajstić information content (AvgIpc) is 3.10. The molecule has 2 heterocycles. The molecule has 1 amide bonds. The Kier molecular flexibility index (Phi) is 6.17. The van der Waals surface area contributed by atoms with Crippen molar-refractivity contribution < 1.29 is 4.79 Å². The number of nitrogens with one attached hydrogen (secondary N) is 2. The smallest absolute Gasteiger partial charge is 0.251 e. The first-order valence-corrected chi connectivity index (χ1v) is 9.20. The summed E-state index contributed by atoms with van der Waals surface area (Å²) in [5.74, 6) is 1.61. The Bertz CT molecular complexity index is 691. The van der Waals surface area contributed by atoms with Gasteiger partial charge in [0, 0.05) is 25.1 Å². The summed E-state index contributed by atoms with van der Waals surface area (Å²) in [7, 11) is 0. The van der Waals surface area contributed by atoms with Crippen LogP contribution in [-0.4, -0.2) is 40.3 Å². The van der Waals surface area contributed by atoms with E-state index in [1.165, 1.54) is 18.4 Å². The average molecular weight is 341 g/mol. The Morgan fingerprint density at radius 3 is 3.00 bits per heavy atom. The summed E-state index contributed by atoms with van der Waals surface area (Å²) in [6.07, 6.45) is 5.90. The Hall–Kier alpha value is -2.21. The van der Waals surface area contributed by atoms with Gasteiger partial charge in [0.05, 0.1) is 0 Å². The van der Waals surface area contributed by atoms with Crippen LogP contribution in [-0.2, 0) is 19.4 Å². The van der Waals surface area contributed by atoms with Crippen LogP contribution in [0.25, 0.3) is 0 Å². The number of nitrogens with zero attached hydrogens (tertiary/aromatic N) is 3. The molecule has 0 bridgehead atoms. The molecule has 1 aromatic heterocycles. The fourth-order valence-corrected chi connectivity index (χ4v) is 3.39. The largest absolute Gasteiger partial charge is 0.352 e. The predicted octanol–water partition coefficient (Wildman–Crippen LogP) is 1.81. The van der Waals surface area contributed by atoms with E-state index in [1.54, 1.807) is 6.33 Å². The lowest BCUT2D eigenvalue weighted by Crippen LogP contribution is -2.29. The minimum absolute atomic E-state index is 0.0188. The molecule has 0 aliphatic carbocycles. The van der Waals surface area contributed by atoms with Gasteiger partial charge in [0.1, 0.15) is 12.2 Å². The van der Waals surface area contributed by atoms with E-state index in [9.17, 15) is 4.79 Å². The maximum absolute atomic E-state index is 12.4. The van der Waals surface area contributed by atoms with E-state index in [4.69, 9.17) is 0 Å². The van der Waals surface area contributed by atoms with Crippen LogP contribution < -0.4 is 10.6 Å². The number of carbonyl (C=O) groups excluding carboxylic acids is 1. The van der Waals surface area contributed by atoms with Crippen LogP contribution in [0.4, 0.5) is 0 Å². The summed E-state index contributed by atoms with van der Waals surface area (Å²) in [5.41, 5.74) is 1.99. The molecular formula is C19H27N5O. The Morgan fingerprint density at radius 2 is 2.20 bits per heavy atom. The van der Waals surface area contributed by atoms with Gasteiger partial charge >= 0.3 is 0 Å². The number of hydrogen-bond acceptors (Lipinski definition) is 4. The molecule has 0 saturated carbocycles. The Balaban J connectivity index is 1.52. The summed E-state index contributed by atoms with van der Waals surface area (Å²) in [5, 5.41) is 14.4. The number of aromatic nitrogens is 3. The van der Waals surface area contributed by atoms with Crippen LogP contribution in [0, 0.1) is 5.92 Å². The summed E-state index contributed by atoms with van der Waals surface area (Å²) in [6, 6.07) is 8.03. The number of piperidine rings is 1. The molecule has 0 unspecified atom stereocenters. The molecule has 1 aliphatic heterocycles. The summed E-state index contributed by atoms with van der Waals surface area (Å²) in [6.45, 7) is 5.67. The third-order valence-electron chi connectivity index (χ3n) is 4.84. The first-order chi connectivity index (χ1) is 12.3. The van der Waals surface area contributed by atoms with Gasteiger partial charge in [-0.05, 0) is 62.9 Å². The number of rotatable bonds is 7. The fraction of sp³-hybridized carbons (Fsp3) is 0.526. The van der Waals surface area contributed by atoms with Gasteiger partial charge in [-0.25, -0.2) is 0 Å². The molecule has 1 saturated heterocycles. The summed E-state index contributed by atoms with van der Waals surface area (Å²) < 4.78 is 1.99. The highest BCUT2D eigenvalue weighted by molar-refractivity contribution is 5.94. The molecule has 1 aliphatic rings. The zero-order valence-electron chi connectivity index (χ0n) is 14.9. The summed E-state index contributed by atoms with van der Waals surface area (Å²) >= 11 is 0. The zero-order chi connectivity index (χ0) is 17.5. The van der Waals surface area contributed by atoms with E-state index in [-0.39, 0.29) is 5.91 Å². The van der Waals surface area contributed by atoms with Crippen LogP contribution in [0.3, 0.4) is 0 Å². The molecular weight excluding hydrogens is 314 g/mol. The number of carbonyl (C=O) groups is 1. The monoisotopic (exact) mass is 341 g/mol. The minimum Gasteiger partial charge on any atom is -0.352 e. The highest BCUT2D eigenvalue weighted by Crippen LogP contribution is 2.18. The van der Waals surface area contributed by atoms with E-state index in [1.807, 2.05) is 22.8 Å². The number of benzene rings is 1. The van der Waals surface area contributed by atoms with Crippen molar-refractivity contribution in [2.75, 3.05) is 19.6 Å². The van der Waals surface area contributed by atoms with E-state index in [0.717, 1.165) is 43.4 Å². The van der Waals surface area contributed by atoms with Gasteiger partial charge in [0.2, 0.25) is 0 Å². The van der Waals surface area contributed by atoms with Crippen LogP contribution in [0.5, 0.6) is 0 Å². The maximum Gasteiger partial charge on any atom is 0.251 e. The molecule has 134 valence electrons. The highest BCUT2D eigenvalue weighted by atomic mass is 16.1. The van der Waals surface area contributed by atoms with Crippen molar-refractivity contribution in [3.05, 3.63) is 47.5 Å². The van der Waals surface area contributed by atoms with Gasteiger partial charge in [0.15, 0.2) is 0 Å². The molecule has 6 nitrogen and oxygen atoms in total. The van der Waals surface area contributed by atoms with Crippen molar-refractivity contribution in [1.82, 2.24) is 25.4 Å². The van der Waals surface area contributed by atoms with Gasteiger partial charge in [-0.15, -0.1) is 10.2 Å². The minimum atomic E-state index is -0.0188. The molecule has 1 aromatic carbocycles. The van der Waals surface area contributed by atoms with Gasteiger partial charge in [-0.2, -0.15) is 0 Å². The molecule has 2 N–H and O–H groups in total. The molecule has 1 fully saturated rings. The second kappa shape index (κ2) is 8.76. The van der Waals surface area contributed by atoms with Crippen molar-refractivity contribution in [1.29, 1.82) is 0 Å². The van der Waals surface area contributed by atoms with Gasteiger partial charge < -0.3 is 15.2 Å². The third kappa shape index (κ3) is 4.89. The molecule has 0 radical (unpaired) electrons. The van der Waals surface area contributed by atoms with Crippen molar-refractivity contribution in [2.24, 2.45) is 5.92 Å². The SMILES string of the molecule is CCn1cnnc1CCNC(=O)c1cccc(CC2CCNCC2)c1. The van der Waals surface area contributed by atoms with Crippen LogP contribution in [0.15, 0.2) is 30.6 Å². The fourth-order valence-electron chi connectivity index (χ4n) is 3.39. The second-order valence-electron chi connectivity index (χ2n) is 6.64. The number of hydrogen-bond donors (Lipinski definition) is 2. The van der Waals surface area contributed by atoms with Crippen molar-refractivity contribution >= 4 is 5.91 Å². The van der Waals surface area contributed by atoms with Gasteiger partial charge in [0.25, 0.3) is 5.91 Å². The third-order valence-corrected chi connectivity index (χ3v) is 4.84. The first-order valence-electron chi connectivity index (χ1n) is 9.20. The van der Waals surface area contributed by atoms with E-state index >= 15 is 0 Å². The van der Waals surface area contributed by atoms with Crippen molar-refractivity contribution in [3.63, 3.8) is 0 Å². The van der Waals surface area contributed by atoms with E-state index in [0.29, 0.717) is 13.0 Å². The predicted molar refractivity (Wildman–Crippen MR) is 97.5 cm³/mol. The molecule has 2 aromatic rings. The second-order valence-corrected chi connectivity index (χ2v) is 6.64. The van der Waals surface area contributed by atoms with Gasteiger partial charge in [-0.3, -0.25) is 4.79 Å². The van der Waals surface area contributed by atoms with Crippen LogP contribution in [0.2, 0.25) is 0 Å². The van der Waals surface area contributed by atoms with E-state index < -0.39 is 0 Å². The molecule has 6 heteroatoms. The highest BCUT2D eigenvalue weighted by Gasteiger charge is 2.14. The number of amides is 1. The summed E-state index contributed by atoms with van der Waals surface area (Å²) in [4.78, 5) is 12.4. The van der Waals surface area contributed by atoms with Crippen molar-refractivity contribution in [3.8, 4) is 0 Å². The Labute approximate surface area is 149 Å². The standard InChI is InChI=1S/C19H27N5O/c1-2-24-14-22-23-18(24)8-11-21-19(25)17-5-3-4-16(13-17)12-15-6-9-20-10-7-15/h3-5,13-15,20H,2,6-12H2,1H3,(H,21,25). The van der Waals surface area contributed by atoms with Gasteiger partial charge in [-0.1, -0.05) is 12.1 Å². The topological polar surface area (TPSA) is 71.8 Å². The quantitative estimate of drug-likeness (QED) is 0.806. The molecule has 25 heavy (non-hydrogen) atoms. The maximum atomic E-state index is 12.4. The normalized spacial score (nSPS) is 15.2. The van der Waals surface area contributed by atoms with Crippen LogP contribution >= 0.6 is 0 Å². The number of aryl methyl sites for hydroxylation is 1. The first kappa shape index (κ1) is 17.6. The van der Waals surface area contributed by atoms with Crippen LogP contribution in [0.1, 0.15) is 41.5 Å². The lowest BCUT2D eigenvalue weighted by Gasteiger charge is -2.22. The molecule has 0 atom stereocenters. The van der Waals surface area contributed by atoms with E-state index in [2.05, 4.69) is 33.8 Å². The Morgan fingerprint density at radius 1 is 1.36 bits per heavy atom. The van der Waals surface area contributed by atoms with Crippen molar-refractivity contribution in [2.45, 2.75) is 39.2 Å².